The smallest absolute Gasteiger partial charge is 0.258 e. The van der Waals surface area contributed by atoms with Crippen LogP contribution in [0.25, 0.3) is 0 Å². The van der Waals surface area contributed by atoms with Crippen molar-refractivity contribution in [2.45, 2.75) is 18.9 Å². The lowest BCUT2D eigenvalue weighted by Crippen LogP contribution is -2.36. The lowest BCUT2D eigenvalue weighted by atomic mass is 10.1. The van der Waals surface area contributed by atoms with Gasteiger partial charge >= 0.3 is 0 Å². The lowest BCUT2D eigenvalue weighted by molar-refractivity contribution is 0.0726. The topological polar surface area (TPSA) is 53.3 Å². The number of benzene rings is 1. The number of amides is 1. The normalized spacial score (nSPS) is 22.2. The van der Waals surface area contributed by atoms with Crippen molar-refractivity contribution in [2.75, 3.05) is 13.2 Å². The second-order valence-electron chi connectivity index (χ2n) is 4.43. The van der Waals surface area contributed by atoms with E-state index in [0.717, 1.165) is 19.4 Å². The van der Waals surface area contributed by atoms with Gasteiger partial charge < -0.3 is 9.64 Å². The number of nitriles is 1. The van der Waals surface area contributed by atoms with E-state index in [1.54, 1.807) is 18.2 Å². The molecule has 1 saturated heterocycles. The van der Waals surface area contributed by atoms with Gasteiger partial charge in [0.25, 0.3) is 5.91 Å². The van der Waals surface area contributed by atoms with Gasteiger partial charge in [-0.05, 0) is 31.0 Å². The average Bonchev–Trinajstić information content (AvgIpc) is 2.79. The number of ether oxygens (including phenoxy) is 1. The van der Waals surface area contributed by atoms with Gasteiger partial charge in [0, 0.05) is 6.54 Å². The number of rotatable bonds is 0. The molecule has 4 heteroatoms. The highest BCUT2D eigenvalue weighted by Gasteiger charge is 2.34. The van der Waals surface area contributed by atoms with Crippen molar-refractivity contribution < 1.29 is 9.53 Å². The van der Waals surface area contributed by atoms with Gasteiger partial charge in [0.05, 0.1) is 23.2 Å². The van der Waals surface area contributed by atoms with Crippen LogP contribution in [0.15, 0.2) is 18.2 Å². The number of fused-ring (bicyclic) bond motifs is 2. The summed E-state index contributed by atoms with van der Waals surface area (Å²) < 4.78 is 5.66. The Kier molecular flexibility index (Phi) is 2.25. The first-order valence-corrected chi connectivity index (χ1v) is 5.77. The minimum Gasteiger partial charge on any atom is -0.491 e. The molecule has 86 valence electrons. The first-order valence-electron chi connectivity index (χ1n) is 5.77. The quantitative estimate of drug-likeness (QED) is 0.677. The Morgan fingerprint density at radius 1 is 1.47 bits per heavy atom. The van der Waals surface area contributed by atoms with E-state index in [0.29, 0.717) is 23.5 Å². The standard InChI is InChI=1S/C13H12N2O2/c14-7-9-3-4-12-11(6-9)13(16)15-5-1-2-10(15)8-17-12/h3-4,6,10H,1-2,5,8H2/t10-/m1/s1. The predicted molar refractivity (Wildman–Crippen MR) is 60.7 cm³/mol. The first kappa shape index (κ1) is 10.2. The summed E-state index contributed by atoms with van der Waals surface area (Å²) in [6.07, 6.45) is 2.04. The van der Waals surface area contributed by atoms with E-state index in [1.807, 2.05) is 4.90 Å². The molecule has 2 aliphatic rings. The summed E-state index contributed by atoms with van der Waals surface area (Å²) in [7, 11) is 0. The third-order valence-electron chi connectivity index (χ3n) is 3.41. The molecule has 2 aliphatic heterocycles. The number of hydrogen-bond donors (Lipinski definition) is 0. The van der Waals surface area contributed by atoms with Gasteiger partial charge in [-0.25, -0.2) is 0 Å². The molecular formula is C13H12N2O2. The SMILES string of the molecule is N#Cc1ccc2c(c1)C(=O)N1CCC[C@@H]1CO2. The summed E-state index contributed by atoms with van der Waals surface area (Å²) >= 11 is 0. The first-order chi connectivity index (χ1) is 8.29. The van der Waals surface area contributed by atoms with E-state index >= 15 is 0 Å². The van der Waals surface area contributed by atoms with Gasteiger partial charge in [-0.1, -0.05) is 0 Å². The Bertz CT molecular complexity index is 519. The zero-order chi connectivity index (χ0) is 11.8. The van der Waals surface area contributed by atoms with Crippen LogP contribution in [0.1, 0.15) is 28.8 Å². The molecule has 1 aromatic carbocycles. The largest absolute Gasteiger partial charge is 0.491 e. The molecule has 3 rings (SSSR count). The van der Waals surface area contributed by atoms with Crippen molar-refractivity contribution in [1.29, 1.82) is 5.26 Å². The molecule has 17 heavy (non-hydrogen) atoms. The van der Waals surface area contributed by atoms with Gasteiger partial charge in [-0.2, -0.15) is 5.26 Å². The molecular weight excluding hydrogens is 216 g/mol. The maximum atomic E-state index is 12.3. The molecule has 1 amide bonds. The fraction of sp³-hybridized carbons (Fsp3) is 0.385. The van der Waals surface area contributed by atoms with Crippen LogP contribution in [-0.4, -0.2) is 30.0 Å². The van der Waals surface area contributed by atoms with E-state index in [1.165, 1.54) is 0 Å². The predicted octanol–water partition coefficient (Wildman–Crippen LogP) is 1.56. The Hall–Kier alpha value is -2.02. The fourth-order valence-electron chi connectivity index (χ4n) is 2.51. The maximum absolute atomic E-state index is 12.3. The van der Waals surface area contributed by atoms with Crippen LogP contribution in [0.4, 0.5) is 0 Å². The van der Waals surface area contributed by atoms with Gasteiger partial charge in [0.15, 0.2) is 0 Å². The summed E-state index contributed by atoms with van der Waals surface area (Å²) in [5.41, 5.74) is 1.02. The fourth-order valence-corrected chi connectivity index (χ4v) is 2.51. The van der Waals surface area contributed by atoms with Crippen LogP contribution in [0, 0.1) is 11.3 Å². The van der Waals surface area contributed by atoms with Gasteiger partial charge in [-0.15, -0.1) is 0 Å². The van der Waals surface area contributed by atoms with E-state index in [4.69, 9.17) is 10.00 Å². The van der Waals surface area contributed by atoms with Crippen molar-refractivity contribution in [3.63, 3.8) is 0 Å². The molecule has 0 N–H and O–H groups in total. The Balaban J connectivity index is 2.06. The van der Waals surface area contributed by atoms with E-state index in [-0.39, 0.29) is 11.9 Å². The van der Waals surface area contributed by atoms with Crippen molar-refractivity contribution in [3.05, 3.63) is 29.3 Å². The Morgan fingerprint density at radius 2 is 2.35 bits per heavy atom. The van der Waals surface area contributed by atoms with Crippen LogP contribution in [0.2, 0.25) is 0 Å². The van der Waals surface area contributed by atoms with Crippen molar-refractivity contribution >= 4 is 5.91 Å². The Morgan fingerprint density at radius 3 is 3.18 bits per heavy atom. The molecule has 0 aliphatic carbocycles. The second-order valence-corrected chi connectivity index (χ2v) is 4.43. The third-order valence-corrected chi connectivity index (χ3v) is 3.41. The third kappa shape index (κ3) is 1.55. The molecule has 0 bridgehead atoms. The molecule has 0 radical (unpaired) electrons. The summed E-state index contributed by atoms with van der Waals surface area (Å²) in [5.74, 6) is 0.598. The van der Waals surface area contributed by atoms with Crippen LogP contribution in [-0.2, 0) is 0 Å². The lowest BCUT2D eigenvalue weighted by Gasteiger charge is -2.20. The number of carbonyl (C=O) groups excluding carboxylic acids is 1. The zero-order valence-corrected chi connectivity index (χ0v) is 9.35. The van der Waals surface area contributed by atoms with Crippen LogP contribution in [0.5, 0.6) is 5.75 Å². The molecule has 1 aromatic rings. The van der Waals surface area contributed by atoms with Crippen LogP contribution in [0.3, 0.4) is 0 Å². The van der Waals surface area contributed by atoms with Crippen molar-refractivity contribution in [1.82, 2.24) is 4.90 Å². The average molecular weight is 228 g/mol. The molecule has 0 unspecified atom stereocenters. The summed E-state index contributed by atoms with van der Waals surface area (Å²) in [6, 6.07) is 7.27. The van der Waals surface area contributed by atoms with E-state index < -0.39 is 0 Å². The van der Waals surface area contributed by atoms with E-state index in [9.17, 15) is 4.79 Å². The highest BCUT2D eigenvalue weighted by molar-refractivity contribution is 5.98. The summed E-state index contributed by atoms with van der Waals surface area (Å²) in [4.78, 5) is 14.2. The molecule has 0 saturated carbocycles. The van der Waals surface area contributed by atoms with Gasteiger partial charge in [0.2, 0.25) is 0 Å². The Labute approximate surface area is 99.4 Å². The van der Waals surface area contributed by atoms with Crippen LogP contribution < -0.4 is 4.74 Å². The molecule has 2 heterocycles. The molecule has 0 spiro atoms. The number of carbonyl (C=O) groups is 1. The zero-order valence-electron chi connectivity index (χ0n) is 9.35. The van der Waals surface area contributed by atoms with Gasteiger partial charge in [-0.3, -0.25) is 4.79 Å². The maximum Gasteiger partial charge on any atom is 0.258 e. The second kappa shape index (κ2) is 3.77. The van der Waals surface area contributed by atoms with Crippen molar-refractivity contribution in [2.24, 2.45) is 0 Å². The monoisotopic (exact) mass is 228 g/mol. The minimum absolute atomic E-state index is 0.00269. The van der Waals surface area contributed by atoms with Crippen molar-refractivity contribution in [3.8, 4) is 11.8 Å². The highest BCUT2D eigenvalue weighted by Crippen LogP contribution is 2.30. The van der Waals surface area contributed by atoms with E-state index in [2.05, 4.69) is 6.07 Å². The summed E-state index contributed by atoms with van der Waals surface area (Å²) in [6.45, 7) is 1.35. The molecule has 1 atom stereocenters. The number of nitrogens with zero attached hydrogens (tertiary/aromatic N) is 2. The highest BCUT2D eigenvalue weighted by atomic mass is 16.5. The van der Waals surface area contributed by atoms with Gasteiger partial charge in [0.1, 0.15) is 12.4 Å². The molecule has 1 fully saturated rings. The van der Waals surface area contributed by atoms with Crippen LogP contribution >= 0.6 is 0 Å². The summed E-state index contributed by atoms with van der Waals surface area (Å²) in [5, 5.41) is 8.87. The molecule has 0 aromatic heterocycles. The molecule has 4 nitrogen and oxygen atoms in total. The minimum atomic E-state index is -0.00269. The number of hydrogen-bond acceptors (Lipinski definition) is 3.